The lowest BCUT2D eigenvalue weighted by atomic mass is 9.75. The number of carboxylic acid groups (broad SMARTS) is 1. The number of hydrogen-bond acceptors (Lipinski definition) is 3. The molecule has 0 aromatic carbocycles. The van der Waals surface area contributed by atoms with E-state index in [1.807, 2.05) is 0 Å². The van der Waals surface area contributed by atoms with Gasteiger partial charge >= 0.3 is 5.97 Å². The van der Waals surface area contributed by atoms with Crippen LogP contribution in [0.4, 0.5) is 0 Å². The van der Waals surface area contributed by atoms with E-state index in [1.54, 1.807) is 0 Å². The number of hydrogen-bond donors (Lipinski definition) is 1. The molecule has 1 saturated carbocycles. The predicted octanol–water partition coefficient (Wildman–Crippen LogP) is 2.52. The van der Waals surface area contributed by atoms with Gasteiger partial charge in [-0.15, -0.1) is 0 Å². The summed E-state index contributed by atoms with van der Waals surface area (Å²) in [5.74, 6) is 0.612. The first-order valence-corrected chi connectivity index (χ1v) is 8.26. The highest BCUT2D eigenvalue weighted by molar-refractivity contribution is 5.73. The van der Waals surface area contributed by atoms with Crippen molar-refractivity contribution in [3.05, 3.63) is 0 Å². The summed E-state index contributed by atoms with van der Waals surface area (Å²) in [5, 5.41) is 9.62. The summed E-state index contributed by atoms with van der Waals surface area (Å²) >= 11 is 0. The van der Waals surface area contributed by atoms with Gasteiger partial charge in [0.1, 0.15) is 6.04 Å². The Labute approximate surface area is 121 Å². The monoisotopic (exact) mass is 281 g/mol. The average molecular weight is 281 g/mol. The van der Waals surface area contributed by atoms with E-state index in [2.05, 4.69) is 11.8 Å². The van der Waals surface area contributed by atoms with Gasteiger partial charge in [-0.3, -0.25) is 9.69 Å². The summed E-state index contributed by atoms with van der Waals surface area (Å²) in [6.07, 6.45) is 8.08. The van der Waals surface area contributed by atoms with Crippen molar-refractivity contribution in [1.82, 2.24) is 4.90 Å². The van der Waals surface area contributed by atoms with Gasteiger partial charge in [0.25, 0.3) is 0 Å². The number of ether oxygens (including phenoxy) is 1. The van der Waals surface area contributed by atoms with Crippen molar-refractivity contribution in [2.75, 3.05) is 13.2 Å². The van der Waals surface area contributed by atoms with Crippen molar-refractivity contribution in [1.29, 1.82) is 0 Å². The first-order valence-electron chi connectivity index (χ1n) is 8.26. The fourth-order valence-corrected chi connectivity index (χ4v) is 4.68. The Kier molecular flexibility index (Phi) is 4.32. The van der Waals surface area contributed by atoms with E-state index < -0.39 is 5.97 Å². The van der Waals surface area contributed by atoms with E-state index in [0.29, 0.717) is 18.0 Å². The Morgan fingerprint density at radius 3 is 2.70 bits per heavy atom. The Morgan fingerprint density at radius 1 is 1.20 bits per heavy atom. The Hall–Kier alpha value is -0.610. The molecule has 3 aliphatic rings. The van der Waals surface area contributed by atoms with Crippen LogP contribution in [-0.2, 0) is 9.53 Å². The molecule has 4 heteroatoms. The smallest absolute Gasteiger partial charge is 0.320 e. The second-order valence-corrected chi connectivity index (χ2v) is 6.85. The Morgan fingerprint density at radius 2 is 2.00 bits per heavy atom. The number of likely N-dealkylation sites (tertiary alicyclic amines) is 1. The summed E-state index contributed by atoms with van der Waals surface area (Å²) in [5.41, 5.74) is 0. The van der Waals surface area contributed by atoms with Crippen LogP contribution in [-0.4, -0.2) is 47.3 Å². The highest BCUT2D eigenvalue weighted by Crippen LogP contribution is 2.40. The topological polar surface area (TPSA) is 49.8 Å². The highest BCUT2D eigenvalue weighted by Gasteiger charge is 2.45. The minimum atomic E-state index is -0.625. The van der Waals surface area contributed by atoms with E-state index in [-0.39, 0.29) is 6.04 Å². The number of nitrogens with zero attached hydrogens (tertiary/aromatic N) is 1. The van der Waals surface area contributed by atoms with Gasteiger partial charge in [-0.25, -0.2) is 0 Å². The lowest BCUT2D eigenvalue weighted by Gasteiger charge is -2.51. The summed E-state index contributed by atoms with van der Waals surface area (Å²) < 4.78 is 5.53. The Balaban J connectivity index is 1.81. The zero-order chi connectivity index (χ0) is 14.1. The van der Waals surface area contributed by atoms with Crippen molar-refractivity contribution in [3.8, 4) is 0 Å². The minimum absolute atomic E-state index is 0.273. The highest BCUT2D eigenvalue weighted by atomic mass is 16.5. The molecule has 1 N–H and O–H groups in total. The number of rotatable bonds is 3. The molecule has 5 unspecified atom stereocenters. The van der Waals surface area contributed by atoms with Gasteiger partial charge in [0.05, 0.1) is 6.61 Å². The van der Waals surface area contributed by atoms with Crippen molar-refractivity contribution >= 4 is 5.97 Å². The van der Waals surface area contributed by atoms with E-state index in [0.717, 1.165) is 38.4 Å². The lowest BCUT2D eigenvalue weighted by molar-refractivity contribution is -0.151. The normalized spacial score (nSPS) is 40.2. The summed E-state index contributed by atoms with van der Waals surface area (Å²) in [4.78, 5) is 14.1. The molecule has 2 saturated heterocycles. The Bertz CT molecular complexity index is 354. The zero-order valence-corrected chi connectivity index (χ0v) is 12.5. The van der Waals surface area contributed by atoms with Crippen LogP contribution in [0.3, 0.4) is 0 Å². The third-order valence-electron chi connectivity index (χ3n) is 5.83. The molecule has 1 aliphatic carbocycles. The standard InChI is InChI=1S/C16H27NO3/c1-11(13-8-9-20-10-13)17-14-5-3-2-4-12(14)6-7-15(17)16(18)19/h11-15H,2-10H2,1H3,(H,18,19). The molecule has 3 fully saturated rings. The summed E-state index contributed by atoms with van der Waals surface area (Å²) in [6, 6.07) is 0.559. The molecule has 0 amide bonds. The van der Waals surface area contributed by atoms with Crippen LogP contribution in [0, 0.1) is 11.8 Å². The molecule has 4 nitrogen and oxygen atoms in total. The molecule has 114 valence electrons. The number of piperidine rings is 1. The van der Waals surface area contributed by atoms with Crippen LogP contribution >= 0.6 is 0 Å². The van der Waals surface area contributed by atoms with Gasteiger partial charge < -0.3 is 9.84 Å². The van der Waals surface area contributed by atoms with Crippen molar-refractivity contribution in [3.63, 3.8) is 0 Å². The van der Waals surface area contributed by atoms with Gasteiger partial charge in [0, 0.05) is 18.7 Å². The molecule has 2 heterocycles. The molecule has 3 rings (SSSR count). The van der Waals surface area contributed by atoms with Gasteiger partial charge in [-0.1, -0.05) is 12.8 Å². The zero-order valence-electron chi connectivity index (χ0n) is 12.5. The van der Waals surface area contributed by atoms with E-state index in [9.17, 15) is 9.90 Å². The van der Waals surface area contributed by atoms with Crippen molar-refractivity contribution in [2.24, 2.45) is 11.8 Å². The van der Waals surface area contributed by atoms with Crippen LogP contribution in [0.25, 0.3) is 0 Å². The van der Waals surface area contributed by atoms with Gasteiger partial charge in [-0.2, -0.15) is 0 Å². The number of carboxylic acids is 1. The van der Waals surface area contributed by atoms with Gasteiger partial charge in [0.2, 0.25) is 0 Å². The van der Waals surface area contributed by atoms with E-state index in [4.69, 9.17) is 4.74 Å². The third kappa shape index (κ3) is 2.60. The van der Waals surface area contributed by atoms with Crippen molar-refractivity contribution < 1.29 is 14.6 Å². The first-order chi connectivity index (χ1) is 9.68. The molecule has 0 bridgehead atoms. The van der Waals surface area contributed by atoms with E-state index in [1.165, 1.54) is 25.7 Å². The summed E-state index contributed by atoms with van der Waals surface area (Å²) in [7, 11) is 0. The maximum atomic E-state index is 11.7. The van der Waals surface area contributed by atoms with Crippen molar-refractivity contribution in [2.45, 2.75) is 70.0 Å². The minimum Gasteiger partial charge on any atom is -0.480 e. The molecule has 0 spiro atoms. The number of carbonyl (C=O) groups is 1. The second kappa shape index (κ2) is 6.02. The molecule has 5 atom stereocenters. The van der Waals surface area contributed by atoms with Crippen LogP contribution in [0.1, 0.15) is 51.9 Å². The first kappa shape index (κ1) is 14.3. The van der Waals surface area contributed by atoms with Crippen LogP contribution < -0.4 is 0 Å². The molecule has 0 aromatic heterocycles. The maximum absolute atomic E-state index is 11.7. The van der Waals surface area contributed by atoms with Crippen LogP contribution in [0.15, 0.2) is 0 Å². The largest absolute Gasteiger partial charge is 0.480 e. The molecule has 20 heavy (non-hydrogen) atoms. The number of aliphatic carboxylic acids is 1. The quantitative estimate of drug-likeness (QED) is 0.863. The maximum Gasteiger partial charge on any atom is 0.320 e. The van der Waals surface area contributed by atoms with E-state index >= 15 is 0 Å². The number of fused-ring (bicyclic) bond motifs is 1. The van der Waals surface area contributed by atoms with Gasteiger partial charge in [0.15, 0.2) is 0 Å². The average Bonchev–Trinajstić information content (AvgIpc) is 2.99. The van der Waals surface area contributed by atoms with Gasteiger partial charge in [-0.05, 0) is 50.9 Å². The molecule has 0 aromatic rings. The lowest BCUT2D eigenvalue weighted by Crippen LogP contribution is -2.59. The van der Waals surface area contributed by atoms with Crippen LogP contribution in [0.5, 0.6) is 0 Å². The third-order valence-corrected chi connectivity index (χ3v) is 5.83. The molecular weight excluding hydrogens is 254 g/mol. The fraction of sp³-hybridized carbons (Fsp3) is 0.938. The molecule has 0 radical (unpaired) electrons. The second-order valence-electron chi connectivity index (χ2n) is 6.85. The SMILES string of the molecule is CC(C1CCOC1)N1C(C(=O)O)CCC2CCCCC21. The predicted molar refractivity (Wildman–Crippen MR) is 76.6 cm³/mol. The fourth-order valence-electron chi connectivity index (χ4n) is 4.68. The summed E-state index contributed by atoms with van der Waals surface area (Å²) in [6.45, 7) is 3.88. The molecule has 2 aliphatic heterocycles. The molecular formula is C16H27NO3. The van der Waals surface area contributed by atoms with Crippen LogP contribution in [0.2, 0.25) is 0 Å².